The second-order valence-electron chi connectivity index (χ2n) is 7.55. The van der Waals surface area contributed by atoms with E-state index < -0.39 is 0 Å². The number of fused-ring (bicyclic) bond motifs is 3. The number of anilines is 2. The van der Waals surface area contributed by atoms with Crippen molar-refractivity contribution in [2.45, 2.75) is 19.8 Å². The van der Waals surface area contributed by atoms with Crippen LogP contribution in [0.2, 0.25) is 0 Å². The molecule has 0 radical (unpaired) electrons. The van der Waals surface area contributed by atoms with E-state index in [0.29, 0.717) is 12.2 Å². The molecule has 0 bridgehead atoms. The van der Waals surface area contributed by atoms with Gasteiger partial charge in [-0.3, -0.25) is 14.2 Å². The lowest BCUT2D eigenvalue weighted by atomic mass is 10.1. The normalized spacial score (nSPS) is 15.3. The molecule has 0 saturated carbocycles. The molecule has 8 nitrogen and oxygen atoms in total. The number of rotatable bonds is 2. The number of benzene rings is 1. The number of pyridine rings is 1. The first kappa shape index (κ1) is 18.1. The van der Waals surface area contributed by atoms with Gasteiger partial charge in [0.2, 0.25) is 5.69 Å². The number of aromatic nitrogens is 6. The Kier molecular flexibility index (Phi) is 4.10. The Balaban J connectivity index is 1.73. The van der Waals surface area contributed by atoms with Crippen LogP contribution in [0.3, 0.4) is 0 Å². The lowest BCUT2D eigenvalue weighted by Gasteiger charge is -2.26. The lowest BCUT2D eigenvalue weighted by molar-refractivity contribution is 0.693. The minimum Gasteiger partial charge on any atom is -0.324 e. The van der Waals surface area contributed by atoms with Crippen LogP contribution in [-0.4, -0.2) is 36.1 Å². The lowest BCUT2D eigenvalue weighted by Crippen LogP contribution is -2.22. The topological polar surface area (TPSA) is 69.0 Å². The summed E-state index contributed by atoms with van der Waals surface area (Å²) >= 11 is 0. The zero-order valence-electron chi connectivity index (χ0n) is 17.0. The van der Waals surface area contributed by atoms with Gasteiger partial charge in [0, 0.05) is 37.5 Å². The summed E-state index contributed by atoms with van der Waals surface area (Å²) in [5, 5.41) is 13.1. The van der Waals surface area contributed by atoms with Crippen LogP contribution in [0.25, 0.3) is 21.7 Å². The Morgan fingerprint density at radius 1 is 1.07 bits per heavy atom. The van der Waals surface area contributed by atoms with Gasteiger partial charge in [0.25, 0.3) is 0 Å². The van der Waals surface area contributed by atoms with E-state index in [9.17, 15) is 0 Å². The van der Waals surface area contributed by atoms with Gasteiger partial charge < -0.3 is 4.90 Å². The largest absolute Gasteiger partial charge is 0.324 e. The maximum Gasteiger partial charge on any atom is 0.205 e. The molecular formula is C22H20N8. The van der Waals surface area contributed by atoms with Crippen molar-refractivity contribution in [1.29, 1.82) is 0 Å². The minimum absolute atomic E-state index is 0.141. The molecule has 0 amide bonds. The summed E-state index contributed by atoms with van der Waals surface area (Å²) in [5.74, 6) is 2.73. The van der Waals surface area contributed by atoms with Gasteiger partial charge in [0.15, 0.2) is 0 Å². The third-order valence-corrected chi connectivity index (χ3v) is 5.43. The van der Waals surface area contributed by atoms with Crippen molar-refractivity contribution in [3.05, 3.63) is 72.0 Å². The maximum atomic E-state index is 7.20. The zero-order chi connectivity index (χ0) is 20.8. The Morgan fingerprint density at radius 3 is 2.63 bits per heavy atom. The van der Waals surface area contributed by atoms with Crippen molar-refractivity contribution in [3.8, 4) is 16.8 Å². The van der Waals surface area contributed by atoms with Crippen molar-refractivity contribution < 1.29 is 0 Å². The van der Waals surface area contributed by atoms with Crippen molar-refractivity contribution in [2.75, 3.05) is 11.4 Å². The highest BCUT2D eigenvalue weighted by molar-refractivity contribution is 5.78. The highest BCUT2D eigenvalue weighted by Gasteiger charge is 2.29. The molecule has 0 spiro atoms. The molecule has 1 atom stereocenters. The molecule has 1 aliphatic rings. The second kappa shape index (κ2) is 6.81. The van der Waals surface area contributed by atoms with Crippen LogP contribution in [0, 0.1) is 13.5 Å². The summed E-state index contributed by atoms with van der Waals surface area (Å²) in [6, 6.07) is 10.1. The molecule has 8 heteroatoms. The first-order valence-electron chi connectivity index (χ1n) is 9.71. The van der Waals surface area contributed by atoms with Gasteiger partial charge in [-0.1, -0.05) is 19.1 Å². The summed E-state index contributed by atoms with van der Waals surface area (Å²) in [6.45, 7) is 12.0. The second-order valence-corrected chi connectivity index (χ2v) is 7.55. The third kappa shape index (κ3) is 2.83. The fourth-order valence-electron chi connectivity index (χ4n) is 3.95. The van der Waals surface area contributed by atoms with Gasteiger partial charge in [-0.15, -0.1) is 10.2 Å². The summed E-state index contributed by atoms with van der Waals surface area (Å²) in [7, 11) is 1.91. The standard InChI is InChI=1S/C22H20N8/c1-14-12-29(21-8-6-18(23-3)11-24-21)20-9-16(17-10-25-28(4)13-17)5-7-19(20)30-15(2)26-27-22(14)30/h5-11,13-14H,12H2,1-2,4H3. The molecule has 4 aromatic rings. The SMILES string of the molecule is [C-]#[N+]c1ccc(N2CC(C)c3nnc(C)n3-c3ccc(-c4cnn(C)c4)cc32)nc1. The predicted molar refractivity (Wildman–Crippen MR) is 114 cm³/mol. The Bertz CT molecular complexity index is 1280. The van der Waals surface area contributed by atoms with Crippen LogP contribution in [0.4, 0.5) is 17.2 Å². The van der Waals surface area contributed by atoms with E-state index in [1.807, 2.05) is 32.4 Å². The van der Waals surface area contributed by atoms with E-state index in [1.165, 1.54) is 0 Å². The zero-order valence-corrected chi connectivity index (χ0v) is 17.0. The maximum absolute atomic E-state index is 7.20. The molecule has 4 heterocycles. The monoisotopic (exact) mass is 396 g/mol. The van der Waals surface area contributed by atoms with Crippen LogP contribution < -0.4 is 4.90 Å². The molecule has 3 aromatic heterocycles. The van der Waals surface area contributed by atoms with Gasteiger partial charge >= 0.3 is 0 Å². The van der Waals surface area contributed by atoms with Gasteiger partial charge in [0.05, 0.1) is 24.1 Å². The number of nitrogens with zero attached hydrogens (tertiary/aromatic N) is 8. The molecule has 1 unspecified atom stereocenters. The van der Waals surface area contributed by atoms with E-state index in [0.717, 1.165) is 40.0 Å². The molecule has 30 heavy (non-hydrogen) atoms. The molecule has 0 fully saturated rings. The molecule has 148 valence electrons. The fourth-order valence-corrected chi connectivity index (χ4v) is 3.95. The summed E-state index contributed by atoms with van der Waals surface area (Å²) in [6.07, 6.45) is 5.49. The number of hydrogen-bond acceptors (Lipinski definition) is 5. The average molecular weight is 396 g/mol. The van der Waals surface area contributed by atoms with Gasteiger partial charge in [-0.2, -0.15) is 5.10 Å². The van der Waals surface area contributed by atoms with E-state index in [1.54, 1.807) is 16.9 Å². The average Bonchev–Trinajstić information content (AvgIpc) is 3.34. The van der Waals surface area contributed by atoms with E-state index in [4.69, 9.17) is 6.57 Å². The molecule has 0 N–H and O–H groups in total. The molecule has 0 saturated heterocycles. The first-order chi connectivity index (χ1) is 14.5. The van der Waals surface area contributed by atoms with Crippen LogP contribution in [0.15, 0.2) is 48.9 Å². The van der Waals surface area contributed by atoms with Gasteiger partial charge in [-0.25, -0.2) is 4.85 Å². The van der Waals surface area contributed by atoms with E-state index in [-0.39, 0.29) is 5.92 Å². The molecule has 5 rings (SSSR count). The van der Waals surface area contributed by atoms with E-state index >= 15 is 0 Å². The van der Waals surface area contributed by atoms with Crippen LogP contribution in [0.1, 0.15) is 24.5 Å². The first-order valence-corrected chi connectivity index (χ1v) is 9.71. The molecular weight excluding hydrogens is 376 g/mol. The van der Waals surface area contributed by atoms with Crippen molar-refractivity contribution in [3.63, 3.8) is 0 Å². The van der Waals surface area contributed by atoms with E-state index in [2.05, 4.69) is 59.7 Å². The van der Waals surface area contributed by atoms with Crippen molar-refractivity contribution in [2.24, 2.45) is 7.05 Å². The van der Waals surface area contributed by atoms with Crippen molar-refractivity contribution >= 4 is 17.2 Å². The predicted octanol–water partition coefficient (Wildman–Crippen LogP) is 4.18. The third-order valence-electron chi connectivity index (χ3n) is 5.43. The molecule has 1 aliphatic heterocycles. The van der Waals surface area contributed by atoms with Gasteiger partial charge in [-0.05, 0) is 30.7 Å². The Morgan fingerprint density at radius 2 is 1.93 bits per heavy atom. The highest BCUT2D eigenvalue weighted by Crippen LogP contribution is 2.39. The number of aryl methyl sites for hydroxylation is 2. The van der Waals surface area contributed by atoms with Crippen LogP contribution in [0.5, 0.6) is 0 Å². The number of hydrogen-bond donors (Lipinski definition) is 0. The molecule has 0 aliphatic carbocycles. The summed E-state index contributed by atoms with van der Waals surface area (Å²) in [5.41, 5.74) is 4.69. The Labute approximate surface area is 174 Å². The van der Waals surface area contributed by atoms with Crippen LogP contribution in [-0.2, 0) is 7.05 Å². The quantitative estimate of drug-likeness (QED) is 0.476. The minimum atomic E-state index is 0.141. The fraction of sp³-hybridized carbons (Fsp3) is 0.227. The molecule has 1 aromatic carbocycles. The van der Waals surface area contributed by atoms with Crippen molar-refractivity contribution in [1.82, 2.24) is 29.5 Å². The Hall–Kier alpha value is -3.99. The highest BCUT2D eigenvalue weighted by atomic mass is 15.3. The van der Waals surface area contributed by atoms with Crippen LogP contribution >= 0.6 is 0 Å². The summed E-state index contributed by atoms with van der Waals surface area (Å²) in [4.78, 5) is 10.2. The van der Waals surface area contributed by atoms with Gasteiger partial charge in [0.1, 0.15) is 17.5 Å². The smallest absolute Gasteiger partial charge is 0.205 e. The summed E-state index contributed by atoms with van der Waals surface area (Å²) < 4.78 is 3.92.